The molecule has 2 aromatic rings. The van der Waals surface area contributed by atoms with Gasteiger partial charge in [0.25, 0.3) is 0 Å². The highest BCUT2D eigenvalue weighted by molar-refractivity contribution is 5.31. The van der Waals surface area contributed by atoms with E-state index in [0.29, 0.717) is 6.61 Å². The van der Waals surface area contributed by atoms with Gasteiger partial charge in [-0.1, -0.05) is 24.3 Å². The van der Waals surface area contributed by atoms with Crippen LogP contribution in [0.1, 0.15) is 29.0 Å². The molecule has 1 aromatic heterocycles. The Morgan fingerprint density at radius 3 is 2.86 bits per heavy atom. The predicted octanol–water partition coefficient (Wildman–Crippen LogP) is 2.74. The molecular formula is C17H22N2O2. The van der Waals surface area contributed by atoms with Gasteiger partial charge in [-0.25, -0.2) is 0 Å². The van der Waals surface area contributed by atoms with E-state index in [0.717, 1.165) is 18.9 Å². The van der Waals surface area contributed by atoms with Crippen molar-refractivity contribution in [2.24, 2.45) is 0 Å². The van der Waals surface area contributed by atoms with Crippen LogP contribution in [0, 0.1) is 0 Å². The van der Waals surface area contributed by atoms with Gasteiger partial charge in [0.05, 0.1) is 31.6 Å². The Labute approximate surface area is 125 Å². The summed E-state index contributed by atoms with van der Waals surface area (Å²) in [6.45, 7) is 2.25. The molecule has 2 heterocycles. The Morgan fingerprint density at radius 2 is 2.10 bits per heavy atom. The number of nitrogens with zero attached hydrogens (tertiary/aromatic N) is 1. The Morgan fingerprint density at radius 1 is 1.24 bits per heavy atom. The topological polar surface area (TPSA) is 37.6 Å². The number of benzene rings is 1. The molecule has 0 bridgehead atoms. The van der Waals surface area contributed by atoms with Crippen LogP contribution in [-0.4, -0.2) is 32.1 Å². The first-order chi connectivity index (χ1) is 10.3. The minimum absolute atomic E-state index is 0.217. The molecule has 2 unspecified atom stereocenters. The Kier molecular flexibility index (Phi) is 4.39. The van der Waals surface area contributed by atoms with Crippen LogP contribution in [0.15, 0.2) is 47.1 Å². The van der Waals surface area contributed by atoms with E-state index >= 15 is 0 Å². The van der Waals surface area contributed by atoms with Crippen LogP contribution in [0.25, 0.3) is 0 Å². The highest BCUT2D eigenvalue weighted by Gasteiger charge is 2.23. The highest BCUT2D eigenvalue weighted by atomic mass is 16.5. The van der Waals surface area contributed by atoms with Crippen molar-refractivity contribution in [3.05, 3.63) is 59.5 Å². The normalized spacial score (nSPS) is 19.5. The molecule has 4 heteroatoms. The summed E-state index contributed by atoms with van der Waals surface area (Å²) in [5.41, 5.74) is 2.63. The number of fused-ring (bicyclic) bond motifs is 1. The van der Waals surface area contributed by atoms with Gasteiger partial charge < -0.3 is 14.5 Å². The van der Waals surface area contributed by atoms with E-state index in [2.05, 4.69) is 48.6 Å². The lowest BCUT2D eigenvalue weighted by Gasteiger charge is -2.30. The van der Waals surface area contributed by atoms with Crippen molar-refractivity contribution in [2.75, 3.05) is 27.2 Å². The Hall–Kier alpha value is -1.62. The van der Waals surface area contributed by atoms with Gasteiger partial charge in [0.2, 0.25) is 0 Å². The molecule has 1 aliphatic rings. The van der Waals surface area contributed by atoms with Crippen molar-refractivity contribution in [1.29, 1.82) is 0 Å². The van der Waals surface area contributed by atoms with Crippen molar-refractivity contribution < 1.29 is 9.15 Å². The molecule has 112 valence electrons. The molecule has 0 saturated carbocycles. The van der Waals surface area contributed by atoms with Crippen molar-refractivity contribution >= 4 is 0 Å². The van der Waals surface area contributed by atoms with Crippen LogP contribution < -0.4 is 5.32 Å². The number of ether oxygens (including phenoxy) is 1. The smallest absolute Gasteiger partial charge is 0.122 e. The molecule has 0 aliphatic carbocycles. The van der Waals surface area contributed by atoms with E-state index in [1.165, 1.54) is 11.1 Å². The minimum atomic E-state index is 0.217. The third-order valence-corrected chi connectivity index (χ3v) is 4.03. The average Bonchev–Trinajstić information content (AvgIpc) is 3.01. The van der Waals surface area contributed by atoms with E-state index in [-0.39, 0.29) is 12.1 Å². The lowest BCUT2D eigenvalue weighted by atomic mass is 9.99. The highest BCUT2D eigenvalue weighted by Crippen LogP contribution is 2.25. The lowest BCUT2D eigenvalue weighted by Crippen LogP contribution is -2.36. The van der Waals surface area contributed by atoms with Crippen LogP contribution in [0.2, 0.25) is 0 Å². The first-order valence-electron chi connectivity index (χ1n) is 7.34. The molecule has 3 rings (SSSR count). The summed E-state index contributed by atoms with van der Waals surface area (Å²) in [4.78, 5) is 2.17. The molecule has 1 N–H and O–H groups in total. The molecule has 1 aromatic carbocycles. The van der Waals surface area contributed by atoms with E-state index in [4.69, 9.17) is 9.15 Å². The van der Waals surface area contributed by atoms with Crippen LogP contribution >= 0.6 is 0 Å². The number of hydrogen-bond donors (Lipinski definition) is 1. The quantitative estimate of drug-likeness (QED) is 0.917. The van der Waals surface area contributed by atoms with Gasteiger partial charge in [-0.3, -0.25) is 4.90 Å². The first-order valence-corrected chi connectivity index (χ1v) is 7.34. The van der Waals surface area contributed by atoms with Gasteiger partial charge in [-0.2, -0.15) is 0 Å². The molecule has 0 amide bonds. The van der Waals surface area contributed by atoms with Crippen molar-refractivity contribution in [3.63, 3.8) is 0 Å². The number of furan rings is 1. The maximum absolute atomic E-state index is 5.69. The molecule has 2 atom stereocenters. The van der Waals surface area contributed by atoms with Crippen molar-refractivity contribution in [3.8, 4) is 0 Å². The van der Waals surface area contributed by atoms with E-state index in [1.54, 1.807) is 6.26 Å². The molecular weight excluding hydrogens is 264 g/mol. The first kappa shape index (κ1) is 14.3. The van der Waals surface area contributed by atoms with E-state index < -0.39 is 0 Å². The fourth-order valence-corrected chi connectivity index (χ4v) is 2.82. The van der Waals surface area contributed by atoms with Crippen molar-refractivity contribution in [2.45, 2.75) is 18.7 Å². The van der Waals surface area contributed by atoms with E-state index in [9.17, 15) is 0 Å². The molecule has 4 nitrogen and oxygen atoms in total. The summed E-state index contributed by atoms with van der Waals surface area (Å²) >= 11 is 0. The second kappa shape index (κ2) is 6.43. The zero-order chi connectivity index (χ0) is 14.7. The predicted molar refractivity (Wildman–Crippen MR) is 82.0 cm³/mol. The third kappa shape index (κ3) is 3.18. The molecule has 21 heavy (non-hydrogen) atoms. The second-order valence-electron chi connectivity index (χ2n) is 5.67. The molecule has 0 fully saturated rings. The van der Waals surface area contributed by atoms with Crippen LogP contribution in [-0.2, 0) is 11.3 Å². The number of likely N-dealkylation sites (N-methyl/N-ethyl adjacent to an activating group) is 1. The summed E-state index contributed by atoms with van der Waals surface area (Å²) in [5.74, 6) is 0.984. The summed E-state index contributed by atoms with van der Waals surface area (Å²) in [7, 11) is 4.14. The standard InChI is InChI=1S/C17H22N2O2/c1-19(2)16(17-8-5-9-21-17)10-18-15-12-20-11-13-6-3-4-7-14(13)15/h3-9,15-16,18H,10-12H2,1-2H3. The summed E-state index contributed by atoms with van der Waals surface area (Å²) in [5, 5.41) is 3.62. The summed E-state index contributed by atoms with van der Waals surface area (Å²) < 4.78 is 11.2. The maximum Gasteiger partial charge on any atom is 0.122 e. The van der Waals surface area contributed by atoms with Gasteiger partial charge >= 0.3 is 0 Å². The number of hydrogen-bond acceptors (Lipinski definition) is 4. The van der Waals surface area contributed by atoms with E-state index in [1.807, 2.05) is 12.1 Å². The fourth-order valence-electron chi connectivity index (χ4n) is 2.82. The SMILES string of the molecule is CN(C)C(CNC1COCc2ccccc21)c1ccco1. The summed E-state index contributed by atoms with van der Waals surface area (Å²) in [6.07, 6.45) is 1.73. The van der Waals surface area contributed by atoms with Gasteiger partial charge in [0, 0.05) is 6.54 Å². The minimum Gasteiger partial charge on any atom is -0.468 e. The Bertz CT molecular complexity index is 566. The molecule has 0 spiro atoms. The van der Waals surface area contributed by atoms with Crippen LogP contribution in [0.4, 0.5) is 0 Å². The molecule has 0 radical (unpaired) electrons. The second-order valence-corrected chi connectivity index (χ2v) is 5.67. The van der Waals surface area contributed by atoms with Gasteiger partial charge in [-0.15, -0.1) is 0 Å². The Balaban J connectivity index is 1.70. The third-order valence-electron chi connectivity index (χ3n) is 4.03. The van der Waals surface area contributed by atoms with Gasteiger partial charge in [-0.05, 0) is 37.4 Å². The maximum atomic E-state index is 5.69. The average molecular weight is 286 g/mol. The lowest BCUT2D eigenvalue weighted by molar-refractivity contribution is 0.0791. The zero-order valence-corrected chi connectivity index (χ0v) is 12.6. The molecule has 0 saturated heterocycles. The monoisotopic (exact) mass is 286 g/mol. The van der Waals surface area contributed by atoms with Crippen LogP contribution in [0.3, 0.4) is 0 Å². The molecule has 1 aliphatic heterocycles. The van der Waals surface area contributed by atoms with Crippen LogP contribution in [0.5, 0.6) is 0 Å². The van der Waals surface area contributed by atoms with Gasteiger partial charge in [0.15, 0.2) is 0 Å². The van der Waals surface area contributed by atoms with Gasteiger partial charge in [0.1, 0.15) is 5.76 Å². The van der Waals surface area contributed by atoms with Crippen molar-refractivity contribution in [1.82, 2.24) is 10.2 Å². The number of rotatable bonds is 5. The largest absolute Gasteiger partial charge is 0.468 e. The number of nitrogens with one attached hydrogen (secondary N) is 1. The summed E-state index contributed by atoms with van der Waals surface area (Å²) in [6, 6.07) is 12.9. The fraction of sp³-hybridized carbons (Fsp3) is 0.412. The zero-order valence-electron chi connectivity index (χ0n) is 12.6.